The number of rotatable bonds is 6. The Labute approximate surface area is 112 Å². The van der Waals surface area contributed by atoms with E-state index in [0.717, 1.165) is 6.42 Å². The Bertz CT molecular complexity index is 494. The topological polar surface area (TPSA) is 73.2 Å². The second kappa shape index (κ2) is 6.92. The van der Waals surface area contributed by atoms with E-state index in [9.17, 15) is 9.59 Å². The molecule has 0 aliphatic rings. The van der Waals surface area contributed by atoms with E-state index < -0.39 is 0 Å². The molecule has 0 bridgehead atoms. The van der Waals surface area contributed by atoms with E-state index in [1.54, 1.807) is 6.92 Å². The molecule has 0 radical (unpaired) electrons. The Morgan fingerprint density at radius 3 is 2.79 bits per heavy atom. The molecule has 0 saturated carbocycles. The number of ether oxygens (including phenoxy) is 1. The summed E-state index contributed by atoms with van der Waals surface area (Å²) in [5.41, 5.74) is 0.279. The first-order chi connectivity index (χ1) is 8.93. The van der Waals surface area contributed by atoms with Gasteiger partial charge in [-0.25, -0.2) is 4.98 Å². The molecule has 1 N–H and O–H groups in total. The van der Waals surface area contributed by atoms with Crippen LogP contribution in [0.25, 0.3) is 0 Å². The van der Waals surface area contributed by atoms with Crippen LogP contribution in [-0.4, -0.2) is 29.1 Å². The van der Waals surface area contributed by atoms with Gasteiger partial charge in [0.2, 0.25) is 5.91 Å². The van der Waals surface area contributed by atoms with E-state index in [4.69, 9.17) is 4.74 Å². The third kappa shape index (κ3) is 4.73. The summed E-state index contributed by atoms with van der Waals surface area (Å²) in [6.07, 6.45) is 0.907. The molecule has 1 rings (SSSR count). The highest BCUT2D eigenvalue weighted by atomic mass is 16.5. The smallest absolute Gasteiger partial charge is 0.299 e. The summed E-state index contributed by atoms with van der Waals surface area (Å²) in [5, 5.41) is 2.77. The number of nitrogens with zero attached hydrogens (tertiary/aromatic N) is 2. The molecular formula is C13H21N3O3. The van der Waals surface area contributed by atoms with E-state index in [1.807, 2.05) is 0 Å². The number of carbonyl (C=O) groups excluding carboxylic acids is 1. The van der Waals surface area contributed by atoms with Crippen molar-refractivity contribution in [3.8, 4) is 6.01 Å². The maximum absolute atomic E-state index is 11.8. The van der Waals surface area contributed by atoms with Crippen molar-refractivity contribution in [3.05, 3.63) is 22.1 Å². The quantitative estimate of drug-likeness (QED) is 0.824. The second-order valence-electron chi connectivity index (χ2n) is 4.84. The van der Waals surface area contributed by atoms with Crippen molar-refractivity contribution >= 4 is 5.91 Å². The molecule has 6 heteroatoms. The molecule has 0 saturated heterocycles. The van der Waals surface area contributed by atoms with E-state index in [1.165, 1.54) is 17.7 Å². The lowest BCUT2D eigenvalue weighted by Gasteiger charge is -2.11. The lowest BCUT2D eigenvalue weighted by molar-refractivity contribution is -0.121. The first-order valence-corrected chi connectivity index (χ1v) is 6.33. The fourth-order valence-electron chi connectivity index (χ4n) is 1.60. The zero-order chi connectivity index (χ0) is 14.4. The molecule has 1 heterocycles. The molecule has 6 nitrogen and oxygen atoms in total. The minimum Gasteiger partial charge on any atom is -0.468 e. The molecule has 1 aromatic rings. The van der Waals surface area contributed by atoms with E-state index in [-0.39, 0.29) is 24.0 Å². The molecule has 0 unspecified atom stereocenters. The summed E-state index contributed by atoms with van der Waals surface area (Å²) >= 11 is 0. The Hall–Kier alpha value is -1.85. The van der Waals surface area contributed by atoms with Gasteiger partial charge in [-0.15, -0.1) is 0 Å². The molecule has 0 aliphatic carbocycles. The number of hydrogen-bond acceptors (Lipinski definition) is 4. The summed E-state index contributed by atoms with van der Waals surface area (Å²) in [4.78, 5) is 27.6. The first-order valence-electron chi connectivity index (χ1n) is 6.33. The summed E-state index contributed by atoms with van der Waals surface area (Å²) in [5.74, 6) is 0.310. The van der Waals surface area contributed by atoms with Crippen LogP contribution in [0.1, 0.15) is 26.0 Å². The van der Waals surface area contributed by atoms with Crippen molar-refractivity contribution in [3.63, 3.8) is 0 Å². The van der Waals surface area contributed by atoms with Crippen molar-refractivity contribution in [1.82, 2.24) is 14.9 Å². The fourth-order valence-corrected chi connectivity index (χ4v) is 1.60. The Morgan fingerprint density at radius 2 is 2.21 bits per heavy atom. The summed E-state index contributed by atoms with van der Waals surface area (Å²) in [6, 6.07) is 1.54. The number of carbonyl (C=O) groups is 1. The number of methoxy groups -OCH3 is 1. The zero-order valence-corrected chi connectivity index (χ0v) is 11.9. The van der Waals surface area contributed by atoms with Gasteiger partial charge in [0.05, 0.1) is 7.11 Å². The third-order valence-electron chi connectivity index (χ3n) is 2.63. The van der Waals surface area contributed by atoms with Crippen LogP contribution in [0.3, 0.4) is 0 Å². The second-order valence-corrected chi connectivity index (χ2v) is 4.84. The third-order valence-corrected chi connectivity index (χ3v) is 2.63. The van der Waals surface area contributed by atoms with Crippen LogP contribution in [0.4, 0.5) is 0 Å². The molecular weight excluding hydrogens is 246 g/mol. The summed E-state index contributed by atoms with van der Waals surface area (Å²) < 4.78 is 6.24. The van der Waals surface area contributed by atoms with Crippen molar-refractivity contribution in [2.75, 3.05) is 13.7 Å². The Morgan fingerprint density at radius 1 is 1.53 bits per heavy atom. The van der Waals surface area contributed by atoms with Gasteiger partial charge in [-0.05, 0) is 19.3 Å². The van der Waals surface area contributed by atoms with Crippen LogP contribution in [-0.2, 0) is 11.3 Å². The molecule has 0 atom stereocenters. The van der Waals surface area contributed by atoms with Gasteiger partial charge in [0, 0.05) is 18.3 Å². The molecule has 0 fully saturated rings. The minimum absolute atomic E-state index is 0.0760. The monoisotopic (exact) mass is 267 g/mol. The van der Waals surface area contributed by atoms with Crippen LogP contribution in [0.15, 0.2) is 10.9 Å². The minimum atomic E-state index is -0.289. The largest absolute Gasteiger partial charge is 0.468 e. The molecule has 1 aromatic heterocycles. The standard InChI is InChI=1S/C13H21N3O3/c1-9(2)5-6-14-11(17)8-16-12(18)7-10(3)15-13(16)19-4/h7,9H,5-6,8H2,1-4H3,(H,14,17). The summed E-state index contributed by atoms with van der Waals surface area (Å²) in [6.45, 7) is 6.41. The fraction of sp³-hybridized carbons (Fsp3) is 0.615. The van der Waals surface area contributed by atoms with Crippen LogP contribution in [0.2, 0.25) is 0 Å². The van der Waals surface area contributed by atoms with Crippen LogP contribution in [0, 0.1) is 12.8 Å². The van der Waals surface area contributed by atoms with Crippen LogP contribution < -0.4 is 15.6 Å². The van der Waals surface area contributed by atoms with Crippen LogP contribution >= 0.6 is 0 Å². The lowest BCUT2D eigenvalue weighted by atomic mass is 10.1. The van der Waals surface area contributed by atoms with E-state index >= 15 is 0 Å². The predicted octanol–water partition coefficient (Wildman–Crippen LogP) is 0.723. The number of nitrogens with one attached hydrogen (secondary N) is 1. The number of hydrogen-bond donors (Lipinski definition) is 1. The molecule has 1 amide bonds. The van der Waals surface area contributed by atoms with Gasteiger partial charge in [-0.1, -0.05) is 13.8 Å². The highest BCUT2D eigenvalue weighted by Crippen LogP contribution is 2.04. The SMILES string of the molecule is COc1nc(C)cc(=O)n1CC(=O)NCCC(C)C. The molecule has 19 heavy (non-hydrogen) atoms. The highest BCUT2D eigenvalue weighted by molar-refractivity contribution is 5.75. The van der Waals surface area contributed by atoms with Gasteiger partial charge >= 0.3 is 0 Å². The number of amides is 1. The van der Waals surface area contributed by atoms with Crippen molar-refractivity contribution < 1.29 is 9.53 Å². The Kier molecular flexibility index (Phi) is 5.54. The van der Waals surface area contributed by atoms with Gasteiger partial charge in [0.1, 0.15) is 6.54 Å². The van der Waals surface area contributed by atoms with E-state index in [2.05, 4.69) is 24.1 Å². The lowest BCUT2D eigenvalue weighted by Crippen LogP contribution is -2.34. The molecule has 0 aromatic carbocycles. The van der Waals surface area contributed by atoms with Crippen molar-refractivity contribution in [2.45, 2.75) is 33.7 Å². The van der Waals surface area contributed by atoms with Gasteiger partial charge in [0.15, 0.2) is 0 Å². The average molecular weight is 267 g/mol. The highest BCUT2D eigenvalue weighted by Gasteiger charge is 2.11. The zero-order valence-electron chi connectivity index (χ0n) is 11.9. The van der Waals surface area contributed by atoms with Crippen molar-refractivity contribution in [2.24, 2.45) is 5.92 Å². The average Bonchev–Trinajstić information content (AvgIpc) is 2.31. The van der Waals surface area contributed by atoms with Gasteiger partial charge in [-0.3, -0.25) is 14.2 Å². The molecule has 0 spiro atoms. The molecule has 0 aliphatic heterocycles. The van der Waals surface area contributed by atoms with Gasteiger partial charge in [-0.2, -0.15) is 0 Å². The van der Waals surface area contributed by atoms with E-state index in [0.29, 0.717) is 18.2 Å². The summed E-state index contributed by atoms with van der Waals surface area (Å²) in [7, 11) is 1.42. The maximum Gasteiger partial charge on any atom is 0.299 e. The number of aromatic nitrogens is 2. The van der Waals surface area contributed by atoms with Gasteiger partial charge in [0.25, 0.3) is 11.6 Å². The maximum atomic E-state index is 11.8. The first kappa shape index (κ1) is 15.2. The van der Waals surface area contributed by atoms with Crippen LogP contribution in [0.5, 0.6) is 6.01 Å². The van der Waals surface area contributed by atoms with Gasteiger partial charge < -0.3 is 10.1 Å². The molecule has 106 valence electrons. The Balaban J connectivity index is 2.71. The normalized spacial score (nSPS) is 10.6. The van der Waals surface area contributed by atoms with Crippen molar-refractivity contribution in [1.29, 1.82) is 0 Å². The predicted molar refractivity (Wildman–Crippen MR) is 72.3 cm³/mol. The number of aryl methyl sites for hydroxylation is 1.